The van der Waals surface area contributed by atoms with E-state index in [4.69, 9.17) is 11.6 Å². The van der Waals surface area contributed by atoms with E-state index in [1.54, 1.807) is 0 Å². The van der Waals surface area contributed by atoms with E-state index >= 15 is 0 Å². The zero-order valence-corrected chi connectivity index (χ0v) is 9.72. The van der Waals surface area contributed by atoms with Crippen molar-refractivity contribution in [1.29, 1.82) is 0 Å². The first kappa shape index (κ1) is 11.9. The molecule has 1 nitrogen and oxygen atoms in total. The molecule has 0 spiro atoms. The first-order valence-corrected chi connectivity index (χ1v) is 5.32. The molecule has 0 aromatic heterocycles. The predicted octanol–water partition coefficient (Wildman–Crippen LogP) is 4.30. The van der Waals surface area contributed by atoms with E-state index in [2.05, 4.69) is 0 Å². The highest BCUT2D eigenvalue weighted by molar-refractivity contribution is 6.32. The molecule has 0 aliphatic carbocycles. The van der Waals surface area contributed by atoms with Crippen LogP contribution in [0.25, 0.3) is 11.1 Å². The van der Waals surface area contributed by atoms with Gasteiger partial charge in [0.25, 0.3) is 0 Å². The van der Waals surface area contributed by atoms with Crippen molar-refractivity contribution in [3.63, 3.8) is 0 Å². The minimum atomic E-state index is -0.910. The molecular formula is C13H9ClF2O. The van der Waals surface area contributed by atoms with Gasteiger partial charge in [-0.1, -0.05) is 29.8 Å². The summed E-state index contributed by atoms with van der Waals surface area (Å²) in [6.07, 6.45) is 0. The van der Waals surface area contributed by atoms with E-state index in [0.717, 1.165) is 0 Å². The Bertz CT molecular complexity index is 582. The second-order valence-corrected chi connectivity index (χ2v) is 4.13. The van der Waals surface area contributed by atoms with Gasteiger partial charge in [0.2, 0.25) is 0 Å². The fraction of sp³-hybridized carbons (Fsp3) is 0.0769. The minimum Gasteiger partial charge on any atom is -0.506 e. The summed E-state index contributed by atoms with van der Waals surface area (Å²) in [6, 6.07) is 7.19. The van der Waals surface area contributed by atoms with Crippen molar-refractivity contribution in [2.75, 3.05) is 0 Å². The van der Waals surface area contributed by atoms with Crippen LogP contribution in [-0.2, 0) is 0 Å². The van der Waals surface area contributed by atoms with Crippen molar-refractivity contribution in [3.8, 4) is 16.9 Å². The number of aryl methyl sites for hydroxylation is 1. The summed E-state index contributed by atoms with van der Waals surface area (Å²) in [6.45, 7) is 1.49. The second kappa shape index (κ2) is 4.34. The van der Waals surface area contributed by atoms with Gasteiger partial charge in [0.15, 0.2) is 11.6 Å². The number of hydrogen-bond donors (Lipinski definition) is 1. The van der Waals surface area contributed by atoms with Crippen LogP contribution in [0.1, 0.15) is 5.56 Å². The zero-order valence-electron chi connectivity index (χ0n) is 8.97. The molecule has 2 aromatic carbocycles. The zero-order chi connectivity index (χ0) is 12.6. The molecule has 0 radical (unpaired) electrons. The van der Waals surface area contributed by atoms with Crippen LogP contribution < -0.4 is 0 Å². The third kappa shape index (κ3) is 2.11. The van der Waals surface area contributed by atoms with Crippen LogP contribution >= 0.6 is 11.6 Å². The number of rotatable bonds is 1. The quantitative estimate of drug-likeness (QED) is 0.804. The largest absolute Gasteiger partial charge is 0.506 e. The van der Waals surface area contributed by atoms with Crippen molar-refractivity contribution in [3.05, 3.63) is 52.6 Å². The van der Waals surface area contributed by atoms with Gasteiger partial charge < -0.3 is 5.11 Å². The number of halogens is 3. The summed E-state index contributed by atoms with van der Waals surface area (Å²) in [5.74, 6) is -1.87. The van der Waals surface area contributed by atoms with Gasteiger partial charge in [-0.2, -0.15) is 0 Å². The number of benzene rings is 2. The molecule has 0 heterocycles. The normalized spacial score (nSPS) is 10.6. The van der Waals surface area contributed by atoms with E-state index in [0.29, 0.717) is 5.56 Å². The van der Waals surface area contributed by atoms with E-state index in [-0.39, 0.29) is 21.9 Å². The van der Waals surface area contributed by atoms with Crippen molar-refractivity contribution >= 4 is 11.6 Å². The molecule has 0 aliphatic rings. The van der Waals surface area contributed by atoms with Crippen LogP contribution in [0.15, 0.2) is 30.3 Å². The van der Waals surface area contributed by atoms with Crippen LogP contribution in [-0.4, -0.2) is 5.11 Å². The Morgan fingerprint density at radius 1 is 1.06 bits per heavy atom. The molecule has 0 saturated heterocycles. The molecule has 17 heavy (non-hydrogen) atoms. The Hall–Kier alpha value is -1.61. The molecule has 0 unspecified atom stereocenters. The SMILES string of the molecule is Cc1ccc(-c2ccc(O)c(Cl)c2)c(F)c1F. The average Bonchev–Trinajstić information content (AvgIpc) is 2.30. The fourth-order valence-corrected chi connectivity index (χ4v) is 1.72. The fourth-order valence-electron chi connectivity index (χ4n) is 1.54. The van der Waals surface area contributed by atoms with E-state index in [1.807, 2.05) is 0 Å². The summed E-state index contributed by atoms with van der Waals surface area (Å²) in [7, 11) is 0. The maximum absolute atomic E-state index is 13.7. The summed E-state index contributed by atoms with van der Waals surface area (Å²) >= 11 is 5.72. The van der Waals surface area contributed by atoms with Crippen molar-refractivity contribution in [2.24, 2.45) is 0 Å². The standard InChI is InChI=1S/C13H9ClF2O/c1-7-2-4-9(13(16)12(7)15)8-3-5-11(17)10(14)6-8/h2-6,17H,1H3. The molecule has 0 atom stereocenters. The molecule has 0 bridgehead atoms. The average molecular weight is 255 g/mol. The predicted molar refractivity (Wildman–Crippen MR) is 63.2 cm³/mol. The van der Waals surface area contributed by atoms with Gasteiger partial charge in [-0.3, -0.25) is 0 Å². The number of hydrogen-bond acceptors (Lipinski definition) is 1. The third-order valence-corrected chi connectivity index (χ3v) is 2.84. The lowest BCUT2D eigenvalue weighted by Gasteiger charge is -2.07. The van der Waals surface area contributed by atoms with Gasteiger partial charge in [0.05, 0.1) is 5.02 Å². The summed E-state index contributed by atoms with van der Waals surface area (Å²) in [5, 5.41) is 9.36. The van der Waals surface area contributed by atoms with E-state index < -0.39 is 11.6 Å². The van der Waals surface area contributed by atoms with Gasteiger partial charge in [0.1, 0.15) is 5.75 Å². The van der Waals surface area contributed by atoms with Gasteiger partial charge >= 0.3 is 0 Å². The molecule has 0 fully saturated rings. The lowest BCUT2D eigenvalue weighted by Crippen LogP contribution is -1.92. The van der Waals surface area contributed by atoms with Gasteiger partial charge in [0, 0.05) is 5.56 Å². The van der Waals surface area contributed by atoms with Crippen molar-refractivity contribution in [1.82, 2.24) is 0 Å². The Morgan fingerprint density at radius 3 is 2.41 bits per heavy atom. The molecule has 2 aromatic rings. The first-order chi connectivity index (χ1) is 8.00. The number of phenolic OH excluding ortho intramolecular Hbond substituents is 1. The highest BCUT2D eigenvalue weighted by atomic mass is 35.5. The lowest BCUT2D eigenvalue weighted by atomic mass is 10.0. The molecule has 1 N–H and O–H groups in total. The molecule has 4 heteroatoms. The molecule has 88 valence electrons. The highest BCUT2D eigenvalue weighted by Gasteiger charge is 2.13. The highest BCUT2D eigenvalue weighted by Crippen LogP contribution is 2.31. The summed E-state index contributed by atoms with van der Waals surface area (Å²) in [5.41, 5.74) is 0.787. The lowest BCUT2D eigenvalue weighted by molar-refractivity contribution is 0.475. The van der Waals surface area contributed by atoms with Gasteiger partial charge in [-0.25, -0.2) is 8.78 Å². The molecule has 2 rings (SSSR count). The maximum atomic E-state index is 13.7. The van der Waals surface area contributed by atoms with Crippen LogP contribution in [0.2, 0.25) is 5.02 Å². The van der Waals surface area contributed by atoms with Gasteiger partial charge in [-0.15, -0.1) is 0 Å². The Morgan fingerprint density at radius 2 is 1.76 bits per heavy atom. The smallest absolute Gasteiger partial charge is 0.166 e. The summed E-state index contributed by atoms with van der Waals surface area (Å²) < 4.78 is 27.1. The topological polar surface area (TPSA) is 20.2 Å². The second-order valence-electron chi connectivity index (χ2n) is 3.72. The van der Waals surface area contributed by atoms with Crippen LogP contribution in [0.3, 0.4) is 0 Å². The van der Waals surface area contributed by atoms with Crippen molar-refractivity contribution < 1.29 is 13.9 Å². The molecule has 0 aliphatic heterocycles. The summed E-state index contributed by atoms with van der Waals surface area (Å²) in [4.78, 5) is 0. The van der Waals surface area contributed by atoms with Crippen molar-refractivity contribution in [2.45, 2.75) is 6.92 Å². The number of aromatic hydroxyl groups is 1. The Labute approximate surface area is 102 Å². The monoisotopic (exact) mass is 254 g/mol. The van der Waals surface area contributed by atoms with Crippen LogP contribution in [0, 0.1) is 18.6 Å². The number of phenols is 1. The molecule has 0 saturated carbocycles. The molecule has 0 amide bonds. The third-order valence-electron chi connectivity index (χ3n) is 2.53. The molecular weight excluding hydrogens is 246 g/mol. The van der Waals surface area contributed by atoms with Crippen LogP contribution in [0.4, 0.5) is 8.78 Å². The van der Waals surface area contributed by atoms with E-state index in [1.165, 1.54) is 37.3 Å². The minimum absolute atomic E-state index is 0.0941. The Kier molecular flexibility index (Phi) is 3.03. The van der Waals surface area contributed by atoms with Gasteiger partial charge in [-0.05, 0) is 30.2 Å². The Balaban J connectivity index is 2.61. The van der Waals surface area contributed by atoms with Crippen LogP contribution in [0.5, 0.6) is 5.75 Å². The first-order valence-electron chi connectivity index (χ1n) is 4.94. The maximum Gasteiger partial charge on any atom is 0.166 e. The van der Waals surface area contributed by atoms with E-state index in [9.17, 15) is 13.9 Å².